The molecule has 4 aromatic rings. The number of amides is 1. The van der Waals surface area contributed by atoms with E-state index in [2.05, 4.69) is 11.4 Å². The van der Waals surface area contributed by atoms with Crippen molar-refractivity contribution in [3.05, 3.63) is 115 Å². The molecule has 0 bridgehead atoms. The molecule has 8 heteroatoms. The first-order chi connectivity index (χ1) is 19.4. The van der Waals surface area contributed by atoms with Crippen LogP contribution in [0.25, 0.3) is 5.69 Å². The fourth-order valence-corrected chi connectivity index (χ4v) is 6.95. The largest absolute Gasteiger partial charge is 0.390 e. The lowest BCUT2D eigenvalue weighted by atomic mass is 9.91. The van der Waals surface area contributed by atoms with E-state index in [9.17, 15) is 9.90 Å². The summed E-state index contributed by atoms with van der Waals surface area (Å²) in [4.78, 5) is 13.9. The van der Waals surface area contributed by atoms with Gasteiger partial charge in [0.1, 0.15) is 0 Å². The maximum absolute atomic E-state index is 13.9. The Balaban J connectivity index is 1.39. The van der Waals surface area contributed by atoms with Crippen LogP contribution in [0.4, 0.5) is 0 Å². The minimum Gasteiger partial charge on any atom is -0.390 e. The molecule has 206 valence electrons. The summed E-state index contributed by atoms with van der Waals surface area (Å²) in [5.74, 6) is -0.105. The van der Waals surface area contributed by atoms with Crippen LogP contribution in [0.1, 0.15) is 76.1 Å². The molecular weight excluding hydrogens is 565 g/mol. The molecule has 0 fully saturated rings. The Morgan fingerprint density at radius 1 is 1.00 bits per heavy atom. The molecule has 0 aliphatic heterocycles. The Kier molecular flexibility index (Phi) is 7.91. The van der Waals surface area contributed by atoms with E-state index in [1.54, 1.807) is 12.1 Å². The Labute approximate surface area is 249 Å². The lowest BCUT2D eigenvalue weighted by Gasteiger charge is -2.19. The van der Waals surface area contributed by atoms with E-state index in [1.165, 1.54) is 5.56 Å². The molecule has 1 heterocycles. The SMILES string of the molecule is O=C(N[C@@H]1c2ccccc2C[C@@H]1O)c1nn(-c2ccc(Cl)cc2Cl)c2c1CCCC[C@@H]2CCc1cccc(Cl)c1. The standard InChI is InChI=1S/C32H30Cl3N3O2/c33-22-9-5-6-19(16-22)12-13-20-7-1-4-11-25-30(37-38(31(20)25)27-15-14-23(34)18-26(27)35)32(40)36-29-24-10-3-2-8-21(24)17-28(29)39/h2-3,5-6,8-10,14-16,18,20,28-29,39H,1,4,7,11-13,17H2,(H,36,40)/t20-,28+,29-/m1/s1. The number of fused-ring (bicyclic) bond motifs is 2. The highest BCUT2D eigenvalue weighted by Gasteiger charge is 2.35. The number of aryl methyl sites for hydroxylation is 1. The summed E-state index contributed by atoms with van der Waals surface area (Å²) in [6.45, 7) is 0. The summed E-state index contributed by atoms with van der Waals surface area (Å²) >= 11 is 19.2. The van der Waals surface area contributed by atoms with E-state index >= 15 is 0 Å². The fraction of sp³-hybridized carbons (Fsp3) is 0.312. The van der Waals surface area contributed by atoms with Gasteiger partial charge in [-0.15, -0.1) is 0 Å². The van der Waals surface area contributed by atoms with Gasteiger partial charge in [-0.1, -0.05) is 77.6 Å². The molecule has 1 amide bonds. The number of carbonyl (C=O) groups excluding carboxylic acids is 1. The molecule has 2 aliphatic carbocycles. The van der Waals surface area contributed by atoms with Crippen molar-refractivity contribution in [3.63, 3.8) is 0 Å². The maximum atomic E-state index is 13.9. The number of aliphatic hydroxyl groups is 1. The molecule has 0 saturated heterocycles. The van der Waals surface area contributed by atoms with Gasteiger partial charge in [0.05, 0.1) is 28.5 Å². The first-order valence-corrected chi connectivity index (χ1v) is 14.9. The summed E-state index contributed by atoms with van der Waals surface area (Å²) in [6.07, 6.45) is 5.34. The van der Waals surface area contributed by atoms with Gasteiger partial charge in [0, 0.05) is 27.9 Å². The van der Waals surface area contributed by atoms with Crippen molar-refractivity contribution in [2.45, 2.75) is 63.0 Å². The fourth-order valence-electron chi connectivity index (χ4n) is 6.25. The van der Waals surface area contributed by atoms with Gasteiger partial charge in [-0.3, -0.25) is 4.79 Å². The number of hydrogen-bond acceptors (Lipinski definition) is 3. The number of halogens is 3. The highest BCUT2D eigenvalue weighted by molar-refractivity contribution is 6.35. The normalized spacial score (nSPS) is 20.1. The van der Waals surface area contributed by atoms with Crippen molar-refractivity contribution in [1.82, 2.24) is 15.1 Å². The monoisotopic (exact) mass is 593 g/mol. The number of nitrogens with one attached hydrogen (secondary N) is 1. The zero-order valence-electron chi connectivity index (χ0n) is 21.9. The van der Waals surface area contributed by atoms with E-state index in [0.29, 0.717) is 27.8 Å². The maximum Gasteiger partial charge on any atom is 0.272 e. The average molecular weight is 595 g/mol. The lowest BCUT2D eigenvalue weighted by Crippen LogP contribution is -2.34. The molecule has 0 spiro atoms. The third-order valence-electron chi connectivity index (χ3n) is 8.15. The van der Waals surface area contributed by atoms with E-state index in [0.717, 1.165) is 65.9 Å². The molecule has 0 unspecified atom stereocenters. The average Bonchev–Trinajstić information content (AvgIpc) is 3.37. The van der Waals surface area contributed by atoms with Crippen LogP contribution in [-0.4, -0.2) is 26.9 Å². The number of hydrogen-bond donors (Lipinski definition) is 2. The second-order valence-corrected chi connectivity index (χ2v) is 12.0. The second kappa shape index (κ2) is 11.6. The molecule has 40 heavy (non-hydrogen) atoms. The predicted molar refractivity (Wildman–Crippen MR) is 160 cm³/mol. The smallest absolute Gasteiger partial charge is 0.272 e. The summed E-state index contributed by atoms with van der Waals surface area (Å²) in [6, 6.07) is 20.7. The van der Waals surface area contributed by atoms with Gasteiger partial charge >= 0.3 is 0 Å². The van der Waals surface area contributed by atoms with Crippen molar-refractivity contribution < 1.29 is 9.90 Å². The molecule has 3 atom stereocenters. The Morgan fingerprint density at radius 3 is 2.65 bits per heavy atom. The zero-order valence-corrected chi connectivity index (χ0v) is 24.2. The molecule has 3 aromatic carbocycles. The highest BCUT2D eigenvalue weighted by atomic mass is 35.5. The van der Waals surface area contributed by atoms with Crippen molar-refractivity contribution >= 4 is 40.7 Å². The first-order valence-electron chi connectivity index (χ1n) is 13.8. The number of rotatable bonds is 6. The minimum absolute atomic E-state index is 0.176. The zero-order chi connectivity index (χ0) is 27.8. The van der Waals surface area contributed by atoms with Crippen molar-refractivity contribution in [1.29, 1.82) is 0 Å². The number of aromatic nitrogens is 2. The lowest BCUT2D eigenvalue weighted by molar-refractivity contribution is 0.0852. The van der Waals surface area contributed by atoms with Gasteiger partial charge in [-0.05, 0) is 79.1 Å². The van der Waals surface area contributed by atoms with Crippen molar-refractivity contribution in [3.8, 4) is 5.69 Å². The summed E-state index contributed by atoms with van der Waals surface area (Å²) in [7, 11) is 0. The Bertz CT molecular complexity index is 1570. The molecule has 1 aromatic heterocycles. The quantitative estimate of drug-likeness (QED) is 0.225. The third-order valence-corrected chi connectivity index (χ3v) is 8.93. The van der Waals surface area contributed by atoms with Crippen LogP contribution in [0.2, 0.25) is 15.1 Å². The van der Waals surface area contributed by atoms with Crippen LogP contribution in [0, 0.1) is 0 Å². The molecular formula is C32H30Cl3N3O2. The predicted octanol–water partition coefficient (Wildman–Crippen LogP) is 7.66. The van der Waals surface area contributed by atoms with Crippen LogP contribution >= 0.6 is 34.8 Å². The number of benzene rings is 3. The van der Waals surface area contributed by atoms with Gasteiger partial charge in [0.15, 0.2) is 5.69 Å². The first kappa shape index (κ1) is 27.3. The minimum atomic E-state index is -0.682. The van der Waals surface area contributed by atoms with Gasteiger partial charge < -0.3 is 10.4 Å². The molecule has 2 N–H and O–H groups in total. The second-order valence-electron chi connectivity index (χ2n) is 10.8. The molecule has 5 nitrogen and oxygen atoms in total. The molecule has 0 radical (unpaired) electrons. The topological polar surface area (TPSA) is 67.2 Å². The highest BCUT2D eigenvalue weighted by Crippen LogP contribution is 2.39. The number of carbonyl (C=O) groups is 1. The molecule has 6 rings (SSSR count). The van der Waals surface area contributed by atoms with Gasteiger partial charge in [0.25, 0.3) is 5.91 Å². The van der Waals surface area contributed by atoms with E-state index in [1.807, 2.05) is 53.2 Å². The Morgan fingerprint density at radius 2 is 1.82 bits per heavy atom. The van der Waals surface area contributed by atoms with Gasteiger partial charge in [-0.2, -0.15) is 5.10 Å². The third kappa shape index (κ3) is 5.40. The van der Waals surface area contributed by atoms with Crippen LogP contribution < -0.4 is 5.32 Å². The van der Waals surface area contributed by atoms with E-state index < -0.39 is 12.1 Å². The van der Waals surface area contributed by atoms with Crippen LogP contribution in [0.15, 0.2) is 66.7 Å². The van der Waals surface area contributed by atoms with Gasteiger partial charge in [-0.25, -0.2) is 4.68 Å². The van der Waals surface area contributed by atoms with Crippen molar-refractivity contribution in [2.24, 2.45) is 0 Å². The Hall–Kier alpha value is -2.83. The van der Waals surface area contributed by atoms with Crippen molar-refractivity contribution in [2.75, 3.05) is 0 Å². The summed E-state index contributed by atoms with van der Waals surface area (Å²) < 4.78 is 1.86. The summed E-state index contributed by atoms with van der Waals surface area (Å²) in [5.41, 5.74) is 6.27. The number of aliphatic hydroxyl groups excluding tert-OH is 1. The number of nitrogens with zero attached hydrogens (tertiary/aromatic N) is 2. The van der Waals surface area contributed by atoms with Crippen LogP contribution in [0.3, 0.4) is 0 Å². The summed E-state index contributed by atoms with van der Waals surface area (Å²) in [5, 5.41) is 20.6. The van der Waals surface area contributed by atoms with E-state index in [-0.39, 0.29) is 11.8 Å². The van der Waals surface area contributed by atoms with Gasteiger partial charge in [0.2, 0.25) is 0 Å². The molecule has 0 saturated carbocycles. The van der Waals surface area contributed by atoms with Crippen LogP contribution in [-0.2, 0) is 19.3 Å². The van der Waals surface area contributed by atoms with Crippen LogP contribution in [0.5, 0.6) is 0 Å². The molecule has 2 aliphatic rings. The van der Waals surface area contributed by atoms with E-state index in [4.69, 9.17) is 39.9 Å².